The molecule has 0 saturated heterocycles. The van der Waals surface area contributed by atoms with E-state index in [1.807, 2.05) is 20.8 Å². The molecule has 88 valence electrons. The Labute approximate surface area is 91.3 Å². The van der Waals surface area contributed by atoms with Crippen LogP contribution in [-0.4, -0.2) is 35.0 Å². The Morgan fingerprint density at radius 1 is 1.27 bits per heavy atom. The smallest absolute Gasteiger partial charge is 0.323 e. The molecule has 0 spiro atoms. The maximum Gasteiger partial charge on any atom is 0.323 e. The van der Waals surface area contributed by atoms with Gasteiger partial charge in [-0.3, -0.25) is 9.59 Å². The van der Waals surface area contributed by atoms with Crippen molar-refractivity contribution in [1.82, 2.24) is 4.90 Å². The van der Waals surface area contributed by atoms with Crippen molar-refractivity contribution in [3.05, 3.63) is 0 Å². The molecule has 1 amide bonds. The summed E-state index contributed by atoms with van der Waals surface area (Å²) in [5.41, 5.74) is 0. The van der Waals surface area contributed by atoms with Gasteiger partial charge >= 0.3 is 5.97 Å². The van der Waals surface area contributed by atoms with Crippen LogP contribution in [-0.2, 0) is 9.59 Å². The highest BCUT2D eigenvalue weighted by molar-refractivity contribution is 5.83. The molecular weight excluding hydrogens is 194 g/mol. The highest BCUT2D eigenvalue weighted by Gasteiger charge is 2.24. The number of carboxylic acid groups (broad SMARTS) is 1. The number of rotatable bonds is 6. The summed E-state index contributed by atoms with van der Waals surface area (Å²) < 4.78 is 0. The molecule has 0 aliphatic rings. The SMILES string of the molecule is CCC(C)C(C)C(=O)N(CC)CC(=O)O. The Hall–Kier alpha value is -1.06. The number of carboxylic acids is 1. The van der Waals surface area contributed by atoms with Crippen molar-refractivity contribution in [3.8, 4) is 0 Å². The molecule has 0 bridgehead atoms. The fraction of sp³-hybridized carbons (Fsp3) is 0.818. The van der Waals surface area contributed by atoms with Crippen molar-refractivity contribution in [3.63, 3.8) is 0 Å². The zero-order valence-electron chi connectivity index (χ0n) is 9.99. The predicted molar refractivity (Wildman–Crippen MR) is 58.5 cm³/mol. The third-order valence-electron chi connectivity index (χ3n) is 2.91. The Balaban J connectivity index is 4.43. The average Bonchev–Trinajstić information content (AvgIpc) is 2.22. The molecule has 0 aromatic carbocycles. The maximum atomic E-state index is 11.9. The van der Waals surface area contributed by atoms with Crippen molar-refractivity contribution in [1.29, 1.82) is 0 Å². The summed E-state index contributed by atoms with van der Waals surface area (Å²) in [6.45, 7) is 7.95. The molecule has 0 aliphatic carbocycles. The molecule has 0 saturated carbocycles. The summed E-state index contributed by atoms with van der Waals surface area (Å²) in [5.74, 6) is -0.828. The average molecular weight is 215 g/mol. The van der Waals surface area contributed by atoms with Crippen molar-refractivity contribution >= 4 is 11.9 Å². The Morgan fingerprint density at radius 3 is 2.13 bits per heavy atom. The van der Waals surface area contributed by atoms with Crippen LogP contribution in [0.4, 0.5) is 0 Å². The largest absolute Gasteiger partial charge is 0.480 e. The fourth-order valence-corrected chi connectivity index (χ4v) is 1.39. The van der Waals surface area contributed by atoms with Gasteiger partial charge in [-0.15, -0.1) is 0 Å². The van der Waals surface area contributed by atoms with E-state index in [9.17, 15) is 9.59 Å². The molecule has 4 nitrogen and oxygen atoms in total. The minimum Gasteiger partial charge on any atom is -0.480 e. The molecular formula is C11H21NO3. The lowest BCUT2D eigenvalue weighted by Crippen LogP contribution is -2.40. The van der Waals surface area contributed by atoms with Crippen molar-refractivity contribution in [2.75, 3.05) is 13.1 Å². The van der Waals surface area contributed by atoms with Crippen LogP contribution in [0.1, 0.15) is 34.1 Å². The molecule has 0 radical (unpaired) electrons. The van der Waals surface area contributed by atoms with E-state index in [1.165, 1.54) is 4.90 Å². The lowest BCUT2D eigenvalue weighted by Gasteiger charge is -2.25. The molecule has 0 aromatic heterocycles. The minimum absolute atomic E-state index is 0.0609. The molecule has 0 rings (SSSR count). The molecule has 15 heavy (non-hydrogen) atoms. The number of hydrogen-bond acceptors (Lipinski definition) is 2. The molecule has 0 aromatic rings. The second-order valence-electron chi connectivity index (χ2n) is 3.92. The van der Waals surface area contributed by atoms with E-state index >= 15 is 0 Å². The number of nitrogens with zero attached hydrogens (tertiary/aromatic N) is 1. The predicted octanol–water partition coefficient (Wildman–Crippen LogP) is 1.60. The zero-order valence-corrected chi connectivity index (χ0v) is 9.99. The van der Waals surface area contributed by atoms with Crippen LogP contribution >= 0.6 is 0 Å². The van der Waals surface area contributed by atoms with Crippen LogP contribution in [0.15, 0.2) is 0 Å². The molecule has 4 heteroatoms. The van der Waals surface area contributed by atoms with Gasteiger partial charge in [0.2, 0.25) is 5.91 Å². The number of carbonyl (C=O) groups is 2. The van der Waals surface area contributed by atoms with Crippen molar-refractivity contribution in [2.45, 2.75) is 34.1 Å². The summed E-state index contributed by atoms with van der Waals surface area (Å²) in [4.78, 5) is 23.8. The van der Waals surface area contributed by atoms with Gasteiger partial charge in [-0.25, -0.2) is 0 Å². The first-order valence-corrected chi connectivity index (χ1v) is 5.44. The van der Waals surface area contributed by atoms with Crippen LogP contribution in [0, 0.1) is 11.8 Å². The number of hydrogen-bond donors (Lipinski definition) is 1. The highest BCUT2D eigenvalue weighted by Crippen LogP contribution is 2.17. The summed E-state index contributed by atoms with van der Waals surface area (Å²) >= 11 is 0. The number of amides is 1. The Bertz CT molecular complexity index is 228. The Morgan fingerprint density at radius 2 is 1.80 bits per heavy atom. The van der Waals surface area contributed by atoms with Crippen LogP contribution in [0.3, 0.4) is 0 Å². The topological polar surface area (TPSA) is 57.6 Å². The van der Waals surface area contributed by atoms with Gasteiger partial charge in [-0.05, 0) is 12.8 Å². The number of carbonyl (C=O) groups excluding carboxylic acids is 1. The van der Waals surface area contributed by atoms with Gasteiger partial charge in [0.15, 0.2) is 0 Å². The highest BCUT2D eigenvalue weighted by atomic mass is 16.4. The van der Waals surface area contributed by atoms with Crippen molar-refractivity contribution < 1.29 is 14.7 Å². The first-order valence-electron chi connectivity index (χ1n) is 5.44. The first-order chi connectivity index (χ1) is 6.93. The van der Waals surface area contributed by atoms with Crippen molar-refractivity contribution in [2.24, 2.45) is 11.8 Å². The van der Waals surface area contributed by atoms with Gasteiger partial charge in [0.25, 0.3) is 0 Å². The molecule has 2 unspecified atom stereocenters. The first kappa shape index (κ1) is 13.9. The standard InChI is InChI=1S/C11H21NO3/c1-5-8(3)9(4)11(15)12(6-2)7-10(13)14/h8-9H,5-7H2,1-4H3,(H,13,14). The van der Waals surface area contributed by atoms with Gasteiger partial charge in [0.1, 0.15) is 6.54 Å². The molecule has 0 heterocycles. The number of aliphatic carboxylic acids is 1. The molecule has 0 fully saturated rings. The summed E-state index contributed by atoms with van der Waals surface area (Å²) in [7, 11) is 0. The van der Waals surface area contributed by atoms with Gasteiger partial charge in [0, 0.05) is 12.5 Å². The van der Waals surface area contributed by atoms with E-state index in [1.54, 1.807) is 6.92 Å². The van der Waals surface area contributed by atoms with Gasteiger partial charge in [0.05, 0.1) is 0 Å². The second-order valence-corrected chi connectivity index (χ2v) is 3.92. The summed E-state index contributed by atoms with van der Waals surface area (Å²) in [5, 5.41) is 8.65. The molecule has 0 aliphatic heterocycles. The van der Waals surface area contributed by atoms with E-state index in [2.05, 4.69) is 0 Å². The van der Waals surface area contributed by atoms with E-state index < -0.39 is 5.97 Å². The second kappa shape index (κ2) is 6.43. The lowest BCUT2D eigenvalue weighted by molar-refractivity contribution is -0.146. The van der Waals surface area contributed by atoms with Crippen LogP contribution in [0.2, 0.25) is 0 Å². The molecule has 1 N–H and O–H groups in total. The van der Waals surface area contributed by atoms with Crippen LogP contribution in [0.5, 0.6) is 0 Å². The van der Waals surface area contributed by atoms with Crippen LogP contribution < -0.4 is 0 Å². The van der Waals surface area contributed by atoms with Gasteiger partial charge in [-0.2, -0.15) is 0 Å². The van der Waals surface area contributed by atoms with Gasteiger partial charge in [-0.1, -0.05) is 27.2 Å². The lowest BCUT2D eigenvalue weighted by atomic mass is 9.92. The quantitative estimate of drug-likeness (QED) is 0.732. The van der Waals surface area contributed by atoms with Crippen LogP contribution in [0.25, 0.3) is 0 Å². The maximum absolute atomic E-state index is 11.9. The summed E-state index contributed by atoms with van der Waals surface area (Å²) in [6.07, 6.45) is 0.928. The molecule has 2 atom stereocenters. The minimum atomic E-state index is -0.957. The summed E-state index contributed by atoms with van der Waals surface area (Å²) in [6, 6.07) is 0. The van der Waals surface area contributed by atoms with E-state index in [0.29, 0.717) is 12.5 Å². The van der Waals surface area contributed by atoms with E-state index in [-0.39, 0.29) is 18.4 Å². The normalized spacial score (nSPS) is 14.4. The monoisotopic (exact) mass is 215 g/mol. The fourth-order valence-electron chi connectivity index (χ4n) is 1.39. The zero-order chi connectivity index (χ0) is 12.0. The number of likely N-dealkylation sites (N-methyl/N-ethyl adjacent to an activating group) is 1. The third-order valence-corrected chi connectivity index (χ3v) is 2.91. The van der Waals surface area contributed by atoms with Gasteiger partial charge < -0.3 is 10.0 Å². The van der Waals surface area contributed by atoms with E-state index in [4.69, 9.17) is 5.11 Å². The third kappa shape index (κ3) is 4.32. The Kier molecular flexibility index (Phi) is 5.97. The van der Waals surface area contributed by atoms with E-state index in [0.717, 1.165) is 6.42 Å².